The summed E-state index contributed by atoms with van der Waals surface area (Å²) in [4.78, 5) is 9.52. The average Bonchev–Trinajstić information content (AvgIpc) is 3.41. The molecular weight excluding hydrogens is 366 g/mol. The highest BCUT2D eigenvalue weighted by Gasteiger charge is 2.35. The standard InChI is InChI=1S/C23H23N3O3/c1-27-19-4-2-3-18-21(14-9-15-6-7-16(10-14)25-15)17-8-5-13(23-24-12-28-26-23)11-20(17)29-22(18)19/h2-5,8,11,15-16,25H,6-7,9-10,12H2,1H3,(H,24,26). The van der Waals surface area contributed by atoms with Crippen LogP contribution in [0.1, 0.15) is 42.4 Å². The highest BCUT2D eigenvalue weighted by Crippen LogP contribution is 2.51. The smallest absolute Gasteiger partial charge is 0.177 e. The molecule has 0 radical (unpaired) electrons. The summed E-state index contributed by atoms with van der Waals surface area (Å²) in [5, 5.41) is 3.75. The number of ether oxygens (including phenoxy) is 2. The van der Waals surface area contributed by atoms with Crippen LogP contribution in [0.5, 0.6) is 17.2 Å². The minimum absolute atomic E-state index is 0.328. The molecule has 0 spiro atoms. The van der Waals surface area contributed by atoms with Crippen LogP contribution in [0, 0.1) is 0 Å². The number of nitrogens with one attached hydrogen (secondary N) is 2. The molecule has 4 heterocycles. The minimum atomic E-state index is 0.328. The highest BCUT2D eigenvalue weighted by atomic mass is 16.7. The van der Waals surface area contributed by atoms with Gasteiger partial charge in [-0.05, 0) is 49.5 Å². The Morgan fingerprint density at radius 3 is 2.69 bits per heavy atom. The van der Waals surface area contributed by atoms with Gasteiger partial charge >= 0.3 is 0 Å². The SMILES string of the molecule is COc1cccc2c1Oc1cc(C3=NCON3)ccc1C2=C1CC2CCC(C1)N2. The van der Waals surface area contributed by atoms with Crippen molar-refractivity contribution in [2.45, 2.75) is 37.8 Å². The number of hydrogen-bond donors (Lipinski definition) is 2. The normalized spacial score (nSPS) is 24.4. The van der Waals surface area contributed by atoms with E-state index in [1.807, 2.05) is 18.2 Å². The number of piperidine rings is 1. The number of amidine groups is 1. The van der Waals surface area contributed by atoms with Crippen molar-refractivity contribution in [2.75, 3.05) is 13.8 Å². The number of para-hydroxylation sites is 1. The summed E-state index contributed by atoms with van der Waals surface area (Å²) >= 11 is 0. The van der Waals surface area contributed by atoms with Crippen molar-refractivity contribution >= 4 is 11.4 Å². The topological polar surface area (TPSA) is 64.1 Å². The molecule has 6 rings (SSSR count). The van der Waals surface area contributed by atoms with Crippen molar-refractivity contribution in [2.24, 2.45) is 4.99 Å². The Balaban J connectivity index is 1.54. The van der Waals surface area contributed by atoms with Crippen LogP contribution in [-0.4, -0.2) is 31.8 Å². The zero-order valence-electron chi connectivity index (χ0n) is 16.3. The van der Waals surface area contributed by atoms with Gasteiger partial charge in [-0.15, -0.1) is 0 Å². The minimum Gasteiger partial charge on any atom is -0.493 e. The second-order valence-corrected chi connectivity index (χ2v) is 8.06. The highest BCUT2D eigenvalue weighted by molar-refractivity contribution is 6.00. The molecule has 4 aliphatic heterocycles. The van der Waals surface area contributed by atoms with Crippen LogP contribution in [0.2, 0.25) is 0 Å². The van der Waals surface area contributed by atoms with Crippen LogP contribution in [-0.2, 0) is 4.84 Å². The number of fused-ring (bicyclic) bond motifs is 4. The quantitative estimate of drug-likeness (QED) is 0.699. The van der Waals surface area contributed by atoms with Crippen molar-refractivity contribution in [3.8, 4) is 17.2 Å². The van der Waals surface area contributed by atoms with Crippen LogP contribution in [0.15, 0.2) is 47.0 Å². The largest absolute Gasteiger partial charge is 0.493 e. The molecule has 0 aliphatic carbocycles. The lowest BCUT2D eigenvalue weighted by atomic mass is 9.84. The van der Waals surface area contributed by atoms with Gasteiger partial charge in [-0.3, -0.25) is 4.84 Å². The lowest BCUT2D eigenvalue weighted by Crippen LogP contribution is -2.35. The lowest BCUT2D eigenvalue weighted by Gasteiger charge is -2.31. The maximum Gasteiger partial charge on any atom is 0.177 e. The molecule has 2 fully saturated rings. The van der Waals surface area contributed by atoms with Crippen LogP contribution >= 0.6 is 0 Å². The van der Waals surface area contributed by atoms with E-state index in [9.17, 15) is 0 Å². The molecule has 6 nitrogen and oxygen atoms in total. The van der Waals surface area contributed by atoms with Gasteiger partial charge in [0.25, 0.3) is 0 Å². The number of nitrogens with zero attached hydrogens (tertiary/aromatic N) is 1. The molecule has 2 aromatic carbocycles. The van der Waals surface area contributed by atoms with Gasteiger partial charge in [0, 0.05) is 28.8 Å². The van der Waals surface area contributed by atoms with Gasteiger partial charge < -0.3 is 14.8 Å². The molecule has 2 saturated heterocycles. The van der Waals surface area contributed by atoms with Crippen molar-refractivity contribution in [3.05, 3.63) is 58.7 Å². The first kappa shape index (κ1) is 17.1. The molecule has 2 aromatic rings. The number of benzene rings is 2. The van der Waals surface area contributed by atoms with E-state index < -0.39 is 0 Å². The van der Waals surface area contributed by atoms with Crippen LogP contribution in [0.25, 0.3) is 5.57 Å². The van der Waals surface area contributed by atoms with E-state index >= 15 is 0 Å². The first-order valence-electron chi connectivity index (χ1n) is 10.2. The van der Waals surface area contributed by atoms with Crippen LogP contribution in [0.4, 0.5) is 0 Å². The maximum absolute atomic E-state index is 6.39. The third kappa shape index (κ3) is 2.74. The number of rotatable bonds is 2. The first-order valence-corrected chi connectivity index (χ1v) is 10.2. The monoisotopic (exact) mass is 389 g/mol. The third-order valence-electron chi connectivity index (χ3n) is 6.33. The number of methoxy groups -OCH3 is 1. The molecule has 29 heavy (non-hydrogen) atoms. The molecule has 0 amide bonds. The van der Waals surface area contributed by atoms with Crippen LogP contribution in [0.3, 0.4) is 0 Å². The summed E-state index contributed by atoms with van der Waals surface area (Å²) in [7, 11) is 1.69. The Bertz CT molecular complexity index is 1050. The fraction of sp³-hybridized carbons (Fsp3) is 0.348. The number of hydrogen-bond acceptors (Lipinski definition) is 6. The van der Waals surface area contributed by atoms with Gasteiger partial charge in [-0.2, -0.15) is 0 Å². The van der Waals surface area contributed by atoms with E-state index in [0.717, 1.165) is 52.6 Å². The molecule has 2 N–H and O–H groups in total. The molecule has 2 unspecified atom stereocenters. The fourth-order valence-electron chi connectivity index (χ4n) is 5.06. The Labute approximate surface area is 169 Å². The molecule has 6 heteroatoms. The summed E-state index contributed by atoms with van der Waals surface area (Å²) in [5.41, 5.74) is 8.91. The lowest BCUT2D eigenvalue weighted by molar-refractivity contribution is 0.115. The van der Waals surface area contributed by atoms with Crippen molar-refractivity contribution in [3.63, 3.8) is 0 Å². The van der Waals surface area contributed by atoms with E-state index in [4.69, 9.17) is 14.3 Å². The number of hydroxylamine groups is 1. The first-order chi connectivity index (χ1) is 14.3. The molecule has 0 saturated carbocycles. The fourth-order valence-corrected chi connectivity index (χ4v) is 5.06. The Morgan fingerprint density at radius 1 is 1.07 bits per heavy atom. The second-order valence-electron chi connectivity index (χ2n) is 8.06. The van der Waals surface area contributed by atoms with E-state index in [0.29, 0.717) is 18.8 Å². The van der Waals surface area contributed by atoms with Gasteiger partial charge in [0.05, 0.1) is 7.11 Å². The van der Waals surface area contributed by atoms with E-state index in [1.54, 1.807) is 7.11 Å². The molecule has 2 atom stereocenters. The van der Waals surface area contributed by atoms with Crippen LogP contribution < -0.4 is 20.3 Å². The van der Waals surface area contributed by atoms with Crippen molar-refractivity contribution < 1.29 is 14.3 Å². The molecule has 148 valence electrons. The van der Waals surface area contributed by atoms with E-state index in [-0.39, 0.29) is 0 Å². The van der Waals surface area contributed by atoms with Gasteiger partial charge in [0.2, 0.25) is 0 Å². The molecule has 2 bridgehead atoms. The second kappa shape index (κ2) is 6.61. The summed E-state index contributed by atoms with van der Waals surface area (Å²) in [5.74, 6) is 3.12. The Kier molecular flexibility index (Phi) is 3.89. The predicted octanol–water partition coefficient (Wildman–Crippen LogP) is 3.76. The average molecular weight is 389 g/mol. The van der Waals surface area contributed by atoms with E-state index in [1.165, 1.54) is 24.0 Å². The predicted molar refractivity (Wildman–Crippen MR) is 110 cm³/mol. The molecular formula is C23H23N3O3. The molecule has 4 aliphatic rings. The summed E-state index contributed by atoms with van der Waals surface area (Å²) in [6.07, 6.45) is 4.71. The maximum atomic E-state index is 6.39. The molecule has 0 aromatic heterocycles. The van der Waals surface area contributed by atoms with Crippen molar-refractivity contribution in [1.29, 1.82) is 0 Å². The zero-order valence-corrected chi connectivity index (χ0v) is 16.3. The van der Waals surface area contributed by atoms with Gasteiger partial charge in [-0.25, -0.2) is 10.5 Å². The summed E-state index contributed by atoms with van der Waals surface area (Å²) in [6, 6.07) is 13.6. The zero-order chi connectivity index (χ0) is 19.4. The third-order valence-corrected chi connectivity index (χ3v) is 6.33. The van der Waals surface area contributed by atoms with Gasteiger partial charge in [-0.1, -0.05) is 23.8 Å². The summed E-state index contributed by atoms with van der Waals surface area (Å²) < 4.78 is 12.0. The Morgan fingerprint density at radius 2 is 1.93 bits per heavy atom. The van der Waals surface area contributed by atoms with Crippen molar-refractivity contribution in [1.82, 2.24) is 10.8 Å². The number of aliphatic imine (C=N–C) groups is 1. The Hall–Kier alpha value is -2.83. The summed E-state index contributed by atoms with van der Waals surface area (Å²) in [6.45, 7) is 0.328. The van der Waals surface area contributed by atoms with E-state index in [2.05, 4.69) is 34.0 Å². The van der Waals surface area contributed by atoms with Gasteiger partial charge in [0.15, 0.2) is 24.1 Å². The van der Waals surface area contributed by atoms with Gasteiger partial charge in [0.1, 0.15) is 5.75 Å².